The fourth-order valence-electron chi connectivity index (χ4n) is 3.99. The molecule has 23 heavy (non-hydrogen) atoms. The van der Waals surface area contributed by atoms with Crippen molar-refractivity contribution >= 4 is 5.69 Å². The summed E-state index contributed by atoms with van der Waals surface area (Å²) in [7, 11) is 0. The summed E-state index contributed by atoms with van der Waals surface area (Å²) in [6, 6.07) is 23.6. The molecule has 4 rings (SSSR count). The molecule has 114 valence electrons. The van der Waals surface area contributed by atoms with Gasteiger partial charge in [-0.1, -0.05) is 74.5 Å². The van der Waals surface area contributed by atoms with E-state index in [9.17, 15) is 0 Å². The first-order valence-corrected chi connectivity index (χ1v) is 8.14. The van der Waals surface area contributed by atoms with Gasteiger partial charge in [0.15, 0.2) is 0 Å². The number of nitrogen functional groups attached to an aromatic ring is 1. The lowest BCUT2D eigenvalue weighted by Gasteiger charge is -2.25. The molecule has 0 aliphatic heterocycles. The molecule has 0 fully saturated rings. The van der Waals surface area contributed by atoms with E-state index in [-0.39, 0.29) is 5.41 Å². The first-order chi connectivity index (χ1) is 11.1. The molecule has 0 atom stereocenters. The van der Waals surface area contributed by atoms with Crippen LogP contribution in [-0.2, 0) is 11.8 Å². The lowest BCUT2D eigenvalue weighted by atomic mass is 9.78. The van der Waals surface area contributed by atoms with Crippen molar-refractivity contribution < 1.29 is 0 Å². The zero-order chi connectivity index (χ0) is 16.0. The Labute approximate surface area is 137 Å². The van der Waals surface area contributed by atoms with Crippen LogP contribution in [0.2, 0.25) is 0 Å². The predicted octanol–water partition coefficient (Wildman–Crippen LogP) is 5.17. The van der Waals surface area contributed by atoms with Crippen LogP contribution >= 0.6 is 0 Å². The lowest BCUT2D eigenvalue weighted by Crippen LogP contribution is -2.18. The first-order valence-electron chi connectivity index (χ1n) is 8.14. The van der Waals surface area contributed by atoms with Crippen molar-refractivity contribution in [1.29, 1.82) is 0 Å². The molecule has 0 bridgehead atoms. The van der Waals surface area contributed by atoms with Gasteiger partial charge in [-0.25, -0.2) is 0 Å². The normalized spacial score (nSPS) is 14.3. The third-order valence-corrected chi connectivity index (χ3v) is 5.09. The Morgan fingerprint density at radius 1 is 0.783 bits per heavy atom. The molecule has 0 saturated carbocycles. The monoisotopic (exact) mass is 299 g/mol. The quantitative estimate of drug-likeness (QED) is 0.649. The van der Waals surface area contributed by atoms with Gasteiger partial charge >= 0.3 is 0 Å². The van der Waals surface area contributed by atoms with Crippen LogP contribution in [0.4, 0.5) is 5.69 Å². The maximum absolute atomic E-state index is 6.40. The summed E-state index contributed by atoms with van der Waals surface area (Å²) in [6.07, 6.45) is 0.882. The molecule has 0 spiro atoms. The highest BCUT2D eigenvalue weighted by Gasteiger charge is 2.37. The molecule has 1 nitrogen and oxygen atoms in total. The van der Waals surface area contributed by atoms with Gasteiger partial charge in [-0.15, -0.1) is 0 Å². The van der Waals surface area contributed by atoms with Gasteiger partial charge in [0.05, 0.1) is 0 Å². The third-order valence-electron chi connectivity index (χ3n) is 5.09. The first kappa shape index (κ1) is 14.1. The van der Waals surface area contributed by atoms with Gasteiger partial charge in [0.25, 0.3) is 0 Å². The standard InChI is InChI=1S/C22H21N/c1-22(2)19-11-7-6-10-16(19)17-12-13-20(23)18(21(17)22)14-15-8-4-3-5-9-15/h3-13H,14,23H2,1-2H3. The van der Waals surface area contributed by atoms with Crippen LogP contribution in [0.25, 0.3) is 11.1 Å². The van der Waals surface area contributed by atoms with Crippen LogP contribution in [-0.4, -0.2) is 0 Å². The van der Waals surface area contributed by atoms with Crippen LogP contribution in [0.3, 0.4) is 0 Å². The largest absolute Gasteiger partial charge is 0.398 e. The number of rotatable bonds is 2. The van der Waals surface area contributed by atoms with E-state index in [0.717, 1.165) is 12.1 Å². The van der Waals surface area contributed by atoms with Crippen LogP contribution in [0.1, 0.15) is 36.1 Å². The van der Waals surface area contributed by atoms with Gasteiger partial charge in [0.2, 0.25) is 0 Å². The number of hydrogen-bond donors (Lipinski definition) is 1. The van der Waals surface area contributed by atoms with E-state index >= 15 is 0 Å². The summed E-state index contributed by atoms with van der Waals surface area (Å²) in [5.41, 5.74) is 15.3. The van der Waals surface area contributed by atoms with Gasteiger partial charge in [-0.3, -0.25) is 0 Å². The van der Waals surface area contributed by atoms with Gasteiger partial charge in [-0.2, -0.15) is 0 Å². The second kappa shape index (κ2) is 4.99. The SMILES string of the molecule is CC1(C)c2ccccc2-c2ccc(N)c(Cc3ccccc3)c21. The van der Waals surface area contributed by atoms with E-state index < -0.39 is 0 Å². The van der Waals surface area contributed by atoms with Gasteiger partial charge < -0.3 is 5.73 Å². The van der Waals surface area contributed by atoms with E-state index in [4.69, 9.17) is 5.73 Å². The van der Waals surface area contributed by atoms with E-state index in [1.54, 1.807) is 0 Å². The van der Waals surface area contributed by atoms with Crippen molar-refractivity contribution in [2.45, 2.75) is 25.7 Å². The predicted molar refractivity (Wildman–Crippen MR) is 97.7 cm³/mol. The summed E-state index contributed by atoms with van der Waals surface area (Å²) < 4.78 is 0. The minimum absolute atomic E-state index is 0.00851. The highest BCUT2D eigenvalue weighted by atomic mass is 14.6. The highest BCUT2D eigenvalue weighted by molar-refractivity contribution is 5.84. The van der Waals surface area contributed by atoms with Crippen molar-refractivity contribution in [2.75, 3.05) is 5.73 Å². The van der Waals surface area contributed by atoms with Crippen LogP contribution in [0.15, 0.2) is 66.7 Å². The molecule has 1 aliphatic rings. The molecule has 0 saturated heterocycles. The minimum Gasteiger partial charge on any atom is -0.398 e. The number of anilines is 1. The summed E-state index contributed by atoms with van der Waals surface area (Å²) in [6.45, 7) is 4.62. The van der Waals surface area contributed by atoms with Crippen molar-refractivity contribution in [3.05, 3.63) is 89.0 Å². The maximum atomic E-state index is 6.40. The molecule has 1 heteroatoms. The van der Waals surface area contributed by atoms with Crippen molar-refractivity contribution in [3.8, 4) is 11.1 Å². The maximum Gasteiger partial charge on any atom is 0.0353 e. The van der Waals surface area contributed by atoms with E-state index in [0.29, 0.717) is 0 Å². The number of benzene rings is 3. The van der Waals surface area contributed by atoms with Crippen LogP contribution in [0, 0.1) is 0 Å². The Morgan fingerprint density at radius 3 is 2.26 bits per heavy atom. The van der Waals surface area contributed by atoms with E-state index in [2.05, 4.69) is 80.6 Å². The number of hydrogen-bond acceptors (Lipinski definition) is 1. The molecule has 0 amide bonds. The minimum atomic E-state index is -0.00851. The Balaban J connectivity index is 1.94. The number of fused-ring (bicyclic) bond motifs is 3. The van der Waals surface area contributed by atoms with Crippen molar-refractivity contribution in [1.82, 2.24) is 0 Å². The summed E-state index contributed by atoms with van der Waals surface area (Å²) >= 11 is 0. The van der Waals surface area contributed by atoms with Crippen molar-refractivity contribution in [2.24, 2.45) is 0 Å². The molecule has 0 radical (unpaired) electrons. The molecule has 0 unspecified atom stereocenters. The summed E-state index contributed by atoms with van der Waals surface area (Å²) in [5, 5.41) is 0. The molecule has 3 aromatic carbocycles. The molecular weight excluding hydrogens is 278 g/mol. The molecule has 1 aliphatic carbocycles. The van der Waals surface area contributed by atoms with Gasteiger partial charge in [0.1, 0.15) is 0 Å². The Kier molecular flexibility index (Phi) is 3.05. The highest BCUT2D eigenvalue weighted by Crippen LogP contribution is 2.51. The van der Waals surface area contributed by atoms with Crippen LogP contribution < -0.4 is 5.73 Å². The smallest absolute Gasteiger partial charge is 0.0353 e. The molecule has 0 heterocycles. The Hall–Kier alpha value is -2.54. The van der Waals surface area contributed by atoms with Crippen molar-refractivity contribution in [3.63, 3.8) is 0 Å². The molecule has 3 aromatic rings. The molecule has 2 N–H and O–H groups in total. The number of nitrogens with two attached hydrogens (primary N) is 1. The Morgan fingerprint density at radius 2 is 1.48 bits per heavy atom. The lowest BCUT2D eigenvalue weighted by molar-refractivity contribution is 0.653. The Bertz CT molecular complexity index is 876. The topological polar surface area (TPSA) is 26.0 Å². The van der Waals surface area contributed by atoms with Crippen LogP contribution in [0.5, 0.6) is 0 Å². The zero-order valence-corrected chi connectivity index (χ0v) is 13.6. The summed E-state index contributed by atoms with van der Waals surface area (Å²) in [4.78, 5) is 0. The second-order valence-corrected chi connectivity index (χ2v) is 6.89. The fraction of sp³-hybridized carbons (Fsp3) is 0.182. The second-order valence-electron chi connectivity index (χ2n) is 6.89. The fourth-order valence-corrected chi connectivity index (χ4v) is 3.99. The average molecular weight is 299 g/mol. The van der Waals surface area contributed by atoms with Gasteiger partial charge in [-0.05, 0) is 45.9 Å². The molecular formula is C22H21N. The molecule has 0 aromatic heterocycles. The van der Waals surface area contributed by atoms with E-state index in [1.165, 1.54) is 33.4 Å². The van der Waals surface area contributed by atoms with E-state index in [1.807, 2.05) is 0 Å². The average Bonchev–Trinajstić information content (AvgIpc) is 2.80. The third kappa shape index (κ3) is 2.08. The summed E-state index contributed by atoms with van der Waals surface area (Å²) in [5.74, 6) is 0. The zero-order valence-electron chi connectivity index (χ0n) is 13.6. The van der Waals surface area contributed by atoms with Gasteiger partial charge in [0, 0.05) is 11.1 Å².